The van der Waals surface area contributed by atoms with Crippen molar-refractivity contribution in [3.8, 4) is 11.5 Å². The lowest BCUT2D eigenvalue weighted by Gasteiger charge is -2.09. The van der Waals surface area contributed by atoms with E-state index in [0.717, 1.165) is 37.7 Å². The average Bonchev–Trinajstić information content (AvgIpc) is 2.85. The first-order valence-corrected chi connectivity index (χ1v) is 8.40. The summed E-state index contributed by atoms with van der Waals surface area (Å²) in [6, 6.07) is 1.95. The van der Waals surface area contributed by atoms with Crippen molar-refractivity contribution in [3.63, 3.8) is 0 Å². The van der Waals surface area contributed by atoms with Gasteiger partial charge >= 0.3 is 0 Å². The van der Waals surface area contributed by atoms with E-state index in [1.54, 1.807) is 6.20 Å². The van der Waals surface area contributed by atoms with Crippen molar-refractivity contribution >= 4 is 49.4 Å². The van der Waals surface area contributed by atoms with Gasteiger partial charge in [0.1, 0.15) is 11.5 Å². The van der Waals surface area contributed by atoms with Gasteiger partial charge in [-0.1, -0.05) is 0 Å². The van der Waals surface area contributed by atoms with Gasteiger partial charge in [0.25, 0.3) is 0 Å². The number of hydrogen-bond donors (Lipinski definition) is 1. The van der Waals surface area contributed by atoms with Crippen LogP contribution in [0.1, 0.15) is 11.3 Å². The highest BCUT2D eigenvalue weighted by Gasteiger charge is 2.21. The monoisotopic (exact) mass is 400 g/mol. The molecule has 0 aromatic carbocycles. The Morgan fingerprint density at radius 3 is 2.84 bits per heavy atom. The zero-order valence-electron chi connectivity index (χ0n) is 10.1. The summed E-state index contributed by atoms with van der Waals surface area (Å²) in [4.78, 5) is 13.6. The molecule has 0 unspecified atom stereocenters. The minimum atomic E-state index is 0.657. The minimum Gasteiger partial charge on any atom is -0.373 e. The highest BCUT2D eigenvalue weighted by molar-refractivity contribution is 9.11. The molecule has 98 valence electrons. The molecule has 0 radical (unpaired) electrons. The Bertz CT molecular complexity index is 648. The smallest absolute Gasteiger partial charge is 0.181 e. The molecule has 0 saturated heterocycles. The Kier molecular flexibility index (Phi) is 3.77. The highest BCUT2D eigenvalue weighted by Crippen LogP contribution is 2.35. The van der Waals surface area contributed by atoms with Gasteiger partial charge in [-0.15, -0.1) is 0 Å². The molecule has 3 heterocycles. The van der Waals surface area contributed by atoms with E-state index in [9.17, 15) is 0 Å². The lowest BCUT2D eigenvalue weighted by Crippen LogP contribution is -2.04. The van der Waals surface area contributed by atoms with Gasteiger partial charge in [0.2, 0.25) is 0 Å². The number of aromatic nitrogens is 3. The van der Waals surface area contributed by atoms with Gasteiger partial charge in [0.05, 0.1) is 5.69 Å². The molecule has 0 atom stereocenters. The van der Waals surface area contributed by atoms with E-state index in [2.05, 4.69) is 52.1 Å². The number of halogens is 2. The Balaban J connectivity index is 2.15. The van der Waals surface area contributed by atoms with Crippen LogP contribution in [0.2, 0.25) is 0 Å². The molecule has 4 nitrogen and oxygen atoms in total. The Morgan fingerprint density at radius 1 is 1.26 bits per heavy atom. The molecular weight excluding hydrogens is 392 g/mol. The molecule has 0 fully saturated rings. The summed E-state index contributed by atoms with van der Waals surface area (Å²) in [5.74, 6) is 3.47. The Morgan fingerprint density at radius 2 is 2.11 bits per heavy atom. The van der Waals surface area contributed by atoms with Gasteiger partial charge in [-0.2, -0.15) is 11.8 Å². The molecule has 0 saturated carbocycles. The van der Waals surface area contributed by atoms with Crippen LogP contribution in [0.15, 0.2) is 21.2 Å². The van der Waals surface area contributed by atoms with Crippen LogP contribution in [0.25, 0.3) is 11.5 Å². The Hall–Kier alpha value is -0.660. The van der Waals surface area contributed by atoms with Gasteiger partial charge in [0.15, 0.2) is 5.82 Å². The lowest BCUT2D eigenvalue weighted by molar-refractivity contribution is 1.05. The van der Waals surface area contributed by atoms with Gasteiger partial charge in [-0.3, -0.25) is 4.98 Å². The molecule has 2 aromatic rings. The zero-order chi connectivity index (χ0) is 13.4. The quantitative estimate of drug-likeness (QED) is 0.828. The first-order chi connectivity index (χ1) is 9.19. The number of nitrogens with one attached hydrogen (secondary N) is 1. The molecule has 1 N–H and O–H groups in total. The summed E-state index contributed by atoms with van der Waals surface area (Å²) >= 11 is 8.77. The van der Waals surface area contributed by atoms with E-state index in [0.29, 0.717) is 5.82 Å². The van der Waals surface area contributed by atoms with Crippen LogP contribution in [-0.4, -0.2) is 22.0 Å². The second-order valence-electron chi connectivity index (χ2n) is 4.05. The van der Waals surface area contributed by atoms with Crippen LogP contribution in [0, 0.1) is 0 Å². The number of pyridine rings is 1. The normalized spacial score (nSPS) is 13.4. The maximum atomic E-state index is 4.64. The molecule has 3 rings (SSSR count). The number of anilines is 1. The summed E-state index contributed by atoms with van der Waals surface area (Å²) in [5, 5.41) is 3.15. The maximum absolute atomic E-state index is 4.64. The van der Waals surface area contributed by atoms with Crippen LogP contribution in [0.3, 0.4) is 0 Å². The molecule has 1 aliphatic rings. The number of rotatable bonds is 2. The van der Waals surface area contributed by atoms with Crippen LogP contribution < -0.4 is 5.32 Å². The largest absolute Gasteiger partial charge is 0.373 e. The zero-order valence-corrected chi connectivity index (χ0v) is 14.1. The van der Waals surface area contributed by atoms with Crippen molar-refractivity contribution in [2.75, 3.05) is 12.4 Å². The topological polar surface area (TPSA) is 50.7 Å². The molecule has 7 heteroatoms. The third-order valence-electron chi connectivity index (χ3n) is 2.83. The van der Waals surface area contributed by atoms with Gasteiger partial charge in [-0.25, -0.2) is 9.97 Å². The van der Waals surface area contributed by atoms with Gasteiger partial charge < -0.3 is 5.32 Å². The van der Waals surface area contributed by atoms with E-state index in [4.69, 9.17) is 0 Å². The van der Waals surface area contributed by atoms with Crippen LogP contribution in [0.4, 0.5) is 5.82 Å². The molecule has 19 heavy (non-hydrogen) atoms. The third kappa shape index (κ3) is 2.51. The molecule has 1 aliphatic heterocycles. The standard InChI is InChI=1S/C12H10Br2N4S/c1-15-11-7-4-19-5-9(7)17-12(18-11)10-8(14)2-6(13)3-16-10/h2-3H,4-5H2,1H3,(H,15,17,18). The fourth-order valence-corrected chi connectivity index (χ4v) is 4.15. The number of hydrogen-bond acceptors (Lipinski definition) is 5. The van der Waals surface area contributed by atoms with Crippen LogP contribution >= 0.6 is 43.6 Å². The SMILES string of the molecule is CNc1nc(-c2ncc(Br)cc2Br)nc2c1CSC2. The second-order valence-corrected chi connectivity index (χ2v) is 6.80. The van der Waals surface area contributed by atoms with Crippen molar-refractivity contribution in [2.24, 2.45) is 0 Å². The van der Waals surface area contributed by atoms with Crippen molar-refractivity contribution in [1.29, 1.82) is 0 Å². The molecule has 0 amide bonds. The van der Waals surface area contributed by atoms with E-state index < -0.39 is 0 Å². The van der Waals surface area contributed by atoms with E-state index in [-0.39, 0.29) is 0 Å². The molecule has 2 aromatic heterocycles. The number of thioether (sulfide) groups is 1. The van der Waals surface area contributed by atoms with Crippen LogP contribution in [-0.2, 0) is 11.5 Å². The van der Waals surface area contributed by atoms with Gasteiger partial charge in [0, 0.05) is 39.3 Å². The predicted octanol–water partition coefficient (Wildman–Crippen LogP) is 3.85. The van der Waals surface area contributed by atoms with Gasteiger partial charge in [-0.05, 0) is 37.9 Å². The summed E-state index contributed by atoms with van der Waals surface area (Å²) in [6.45, 7) is 0. The fraction of sp³-hybridized carbons (Fsp3) is 0.250. The molecule has 0 bridgehead atoms. The predicted molar refractivity (Wildman–Crippen MR) is 85.2 cm³/mol. The van der Waals surface area contributed by atoms with Crippen molar-refractivity contribution < 1.29 is 0 Å². The summed E-state index contributed by atoms with van der Waals surface area (Å²) in [6.07, 6.45) is 1.75. The molecule has 0 spiro atoms. The van der Waals surface area contributed by atoms with E-state index >= 15 is 0 Å². The van der Waals surface area contributed by atoms with Crippen molar-refractivity contribution in [3.05, 3.63) is 32.5 Å². The first kappa shape index (κ1) is 13.3. The highest BCUT2D eigenvalue weighted by atomic mass is 79.9. The third-order valence-corrected chi connectivity index (χ3v) is 4.84. The first-order valence-electron chi connectivity index (χ1n) is 5.65. The summed E-state index contributed by atoms with van der Waals surface area (Å²) < 4.78 is 1.81. The van der Waals surface area contributed by atoms with Crippen molar-refractivity contribution in [1.82, 2.24) is 15.0 Å². The molecular formula is C12H10Br2N4S. The second kappa shape index (κ2) is 5.38. The van der Waals surface area contributed by atoms with Crippen molar-refractivity contribution in [2.45, 2.75) is 11.5 Å². The maximum Gasteiger partial charge on any atom is 0.181 e. The average molecular weight is 402 g/mol. The number of fused-ring (bicyclic) bond motifs is 1. The fourth-order valence-electron chi connectivity index (χ4n) is 1.94. The molecule has 0 aliphatic carbocycles. The van der Waals surface area contributed by atoms with Crippen LogP contribution in [0.5, 0.6) is 0 Å². The van der Waals surface area contributed by atoms with E-state index in [1.165, 1.54) is 5.56 Å². The summed E-state index contributed by atoms with van der Waals surface area (Å²) in [7, 11) is 1.89. The van der Waals surface area contributed by atoms with E-state index in [1.807, 2.05) is 24.9 Å². The lowest BCUT2D eigenvalue weighted by atomic mass is 10.2. The number of nitrogens with zero attached hydrogens (tertiary/aromatic N) is 3. The summed E-state index contributed by atoms with van der Waals surface area (Å²) in [5.41, 5.74) is 3.08. The minimum absolute atomic E-state index is 0.657. The Labute approximate surface area is 132 Å².